The fraction of sp³-hybridized carbons (Fsp3) is 0.200. The molecule has 1 N–H and O–H groups in total. The van der Waals surface area contributed by atoms with E-state index in [1.165, 1.54) is 16.3 Å². The van der Waals surface area contributed by atoms with Gasteiger partial charge in [-0.2, -0.15) is 0 Å². The minimum atomic E-state index is -0.0104. The van der Waals surface area contributed by atoms with Crippen LogP contribution in [0, 0.1) is 20.8 Å². The van der Waals surface area contributed by atoms with Crippen LogP contribution in [-0.2, 0) is 11.2 Å². The number of hydrogen-bond acceptors (Lipinski definition) is 3. The van der Waals surface area contributed by atoms with Crippen molar-refractivity contribution in [3.05, 3.63) is 83.3 Å². The Hall–Kier alpha value is -3.40. The molecular formula is C25H24N2O2. The van der Waals surface area contributed by atoms with Crippen molar-refractivity contribution in [1.82, 2.24) is 9.97 Å². The highest BCUT2D eigenvalue weighted by Crippen LogP contribution is 2.25. The number of nitrogens with zero attached hydrogens (tertiary/aromatic N) is 1. The van der Waals surface area contributed by atoms with Crippen molar-refractivity contribution in [3.63, 3.8) is 0 Å². The van der Waals surface area contributed by atoms with Gasteiger partial charge in [0.2, 0.25) is 0 Å². The molecule has 29 heavy (non-hydrogen) atoms. The fourth-order valence-corrected chi connectivity index (χ4v) is 3.74. The lowest BCUT2D eigenvalue weighted by Crippen LogP contribution is -2.15. The number of benzene rings is 3. The number of ether oxygens (including phenoxy) is 1. The van der Waals surface area contributed by atoms with Crippen molar-refractivity contribution in [3.8, 4) is 17.0 Å². The third kappa shape index (κ3) is 4.21. The van der Waals surface area contributed by atoms with Crippen LogP contribution in [0.2, 0.25) is 0 Å². The lowest BCUT2D eigenvalue weighted by molar-refractivity contribution is -0.120. The number of rotatable bonds is 6. The molecule has 4 heteroatoms. The van der Waals surface area contributed by atoms with Crippen LogP contribution in [0.1, 0.15) is 22.5 Å². The molecule has 0 spiro atoms. The van der Waals surface area contributed by atoms with Gasteiger partial charge in [0.1, 0.15) is 18.2 Å². The Bertz CT molecular complexity index is 1170. The maximum absolute atomic E-state index is 12.4. The molecular weight excluding hydrogens is 360 g/mol. The molecule has 0 bridgehead atoms. The number of Topliss-reactive ketones (excluding diaryl/α,β-unsaturated/α-hetero) is 1. The van der Waals surface area contributed by atoms with Crippen molar-refractivity contribution in [2.24, 2.45) is 0 Å². The molecule has 0 aliphatic heterocycles. The number of carbonyl (C=O) groups excluding carboxylic acids is 1. The van der Waals surface area contributed by atoms with E-state index in [4.69, 9.17) is 4.74 Å². The van der Waals surface area contributed by atoms with Crippen molar-refractivity contribution in [1.29, 1.82) is 0 Å². The van der Waals surface area contributed by atoms with E-state index in [0.717, 1.165) is 28.1 Å². The van der Waals surface area contributed by atoms with E-state index in [-0.39, 0.29) is 18.8 Å². The van der Waals surface area contributed by atoms with Gasteiger partial charge in [0.15, 0.2) is 5.78 Å². The van der Waals surface area contributed by atoms with Crippen LogP contribution in [0.25, 0.3) is 22.0 Å². The van der Waals surface area contributed by atoms with Crippen molar-refractivity contribution >= 4 is 16.6 Å². The number of aryl methyl sites for hydroxylation is 3. The van der Waals surface area contributed by atoms with Gasteiger partial charge in [-0.1, -0.05) is 54.1 Å². The zero-order valence-corrected chi connectivity index (χ0v) is 17.0. The number of ketones is 1. The third-order valence-corrected chi connectivity index (χ3v) is 5.04. The molecule has 0 atom stereocenters. The van der Waals surface area contributed by atoms with Crippen LogP contribution in [-0.4, -0.2) is 22.4 Å². The molecule has 0 amide bonds. The predicted molar refractivity (Wildman–Crippen MR) is 116 cm³/mol. The first-order valence-corrected chi connectivity index (χ1v) is 9.75. The van der Waals surface area contributed by atoms with Crippen LogP contribution in [0.4, 0.5) is 0 Å². The quantitative estimate of drug-likeness (QED) is 0.488. The molecule has 0 fully saturated rings. The van der Waals surface area contributed by atoms with Gasteiger partial charge in [-0.15, -0.1) is 0 Å². The highest BCUT2D eigenvalue weighted by Gasteiger charge is 2.12. The Balaban J connectivity index is 1.43. The summed E-state index contributed by atoms with van der Waals surface area (Å²) in [5.74, 6) is 1.43. The van der Waals surface area contributed by atoms with E-state index < -0.39 is 0 Å². The van der Waals surface area contributed by atoms with E-state index in [0.29, 0.717) is 5.82 Å². The third-order valence-electron chi connectivity index (χ3n) is 5.04. The van der Waals surface area contributed by atoms with Gasteiger partial charge in [-0.3, -0.25) is 4.79 Å². The number of aromatic amines is 1. The summed E-state index contributed by atoms with van der Waals surface area (Å²) in [6.45, 7) is 6.10. The molecule has 0 unspecified atom stereocenters. The van der Waals surface area contributed by atoms with Gasteiger partial charge < -0.3 is 9.72 Å². The second kappa shape index (κ2) is 7.92. The van der Waals surface area contributed by atoms with Gasteiger partial charge in [-0.25, -0.2) is 4.98 Å². The van der Waals surface area contributed by atoms with Crippen molar-refractivity contribution < 1.29 is 9.53 Å². The first kappa shape index (κ1) is 18.9. The van der Waals surface area contributed by atoms with Gasteiger partial charge in [0.05, 0.1) is 18.3 Å². The lowest BCUT2D eigenvalue weighted by atomic mass is 10.1. The van der Waals surface area contributed by atoms with Crippen LogP contribution in [0.5, 0.6) is 5.75 Å². The second-order valence-corrected chi connectivity index (χ2v) is 7.54. The number of nitrogens with one attached hydrogen (secondary N) is 1. The Morgan fingerprint density at radius 1 is 0.966 bits per heavy atom. The van der Waals surface area contributed by atoms with Crippen LogP contribution >= 0.6 is 0 Å². The Kier molecular flexibility index (Phi) is 5.17. The summed E-state index contributed by atoms with van der Waals surface area (Å²) in [6, 6.07) is 18.7. The van der Waals surface area contributed by atoms with Crippen molar-refractivity contribution in [2.45, 2.75) is 27.2 Å². The summed E-state index contributed by atoms with van der Waals surface area (Å²) >= 11 is 0. The topological polar surface area (TPSA) is 55.0 Å². The summed E-state index contributed by atoms with van der Waals surface area (Å²) in [4.78, 5) is 20.1. The Labute approximate surface area is 170 Å². The van der Waals surface area contributed by atoms with Crippen molar-refractivity contribution in [2.75, 3.05) is 6.61 Å². The first-order valence-electron chi connectivity index (χ1n) is 9.75. The van der Waals surface area contributed by atoms with Gasteiger partial charge in [0.25, 0.3) is 0 Å². The molecule has 0 aliphatic rings. The molecule has 4 nitrogen and oxygen atoms in total. The maximum atomic E-state index is 12.4. The highest BCUT2D eigenvalue weighted by atomic mass is 16.5. The molecule has 146 valence electrons. The number of H-pyrrole nitrogens is 1. The zero-order chi connectivity index (χ0) is 20.4. The van der Waals surface area contributed by atoms with E-state index in [1.54, 1.807) is 6.20 Å². The first-order chi connectivity index (χ1) is 14.0. The Morgan fingerprint density at radius 2 is 1.69 bits per heavy atom. The summed E-state index contributed by atoms with van der Waals surface area (Å²) in [7, 11) is 0. The van der Waals surface area contributed by atoms with E-state index >= 15 is 0 Å². The fourth-order valence-electron chi connectivity index (χ4n) is 3.74. The normalized spacial score (nSPS) is 11.0. The molecule has 3 aromatic carbocycles. The molecule has 1 aromatic heterocycles. The SMILES string of the molecule is Cc1cc(C)c(OCC(=O)Cc2ncc(-c3ccc4ccccc4c3)[nH]2)c(C)c1. The summed E-state index contributed by atoms with van der Waals surface area (Å²) in [5.41, 5.74) is 5.25. The van der Waals surface area contributed by atoms with E-state index in [1.807, 2.05) is 26.0 Å². The number of aromatic nitrogens is 2. The van der Waals surface area contributed by atoms with Gasteiger partial charge >= 0.3 is 0 Å². The van der Waals surface area contributed by atoms with Gasteiger partial charge in [0, 0.05) is 5.56 Å². The average Bonchev–Trinajstić information content (AvgIpc) is 3.15. The Morgan fingerprint density at radius 3 is 2.45 bits per heavy atom. The number of imidazole rings is 1. The van der Waals surface area contributed by atoms with E-state index in [2.05, 4.69) is 59.4 Å². The zero-order valence-electron chi connectivity index (χ0n) is 17.0. The molecule has 0 aliphatic carbocycles. The summed E-state index contributed by atoms with van der Waals surface area (Å²) < 4.78 is 5.80. The smallest absolute Gasteiger partial charge is 0.177 e. The molecule has 1 heterocycles. The van der Waals surface area contributed by atoms with Crippen LogP contribution < -0.4 is 4.74 Å². The summed E-state index contributed by atoms with van der Waals surface area (Å²) in [5, 5.41) is 2.37. The summed E-state index contributed by atoms with van der Waals surface area (Å²) in [6.07, 6.45) is 2.00. The molecule has 0 radical (unpaired) electrons. The van der Waals surface area contributed by atoms with Gasteiger partial charge in [-0.05, 0) is 48.7 Å². The minimum Gasteiger partial charge on any atom is -0.485 e. The largest absolute Gasteiger partial charge is 0.485 e. The standard InChI is InChI=1S/C25H24N2O2/c1-16-10-17(2)25(18(3)11-16)29-15-22(28)13-24-26-14-23(27-24)21-9-8-19-6-4-5-7-20(19)12-21/h4-12,14H,13,15H2,1-3H3,(H,26,27). The van der Waals surface area contributed by atoms with Crippen LogP contribution in [0.3, 0.4) is 0 Å². The maximum Gasteiger partial charge on any atom is 0.177 e. The molecule has 0 saturated heterocycles. The number of hydrogen-bond donors (Lipinski definition) is 1. The minimum absolute atomic E-state index is 0.0104. The number of fused-ring (bicyclic) bond motifs is 1. The number of carbonyl (C=O) groups is 1. The molecule has 0 saturated carbocycles. The molecule has 4 aromatic rings. The molecule has 4 rings (SSSR count). The monoisotopic (exact) mass is 384 g/mol. The predicted octanol–water partition coefficient (Wildman–Crippen LogP) is 5.35. The highest BCUT2D eigenvalue weighted by molar-refractivity contribution is 5.87. The second-order valence-electron chi connectivity index (χ2n) is 7.54. The lowest BCUT2D eigenvalue weighted by Gasteiger charge is -2.12. The van der Waals surface area contributed by atoms with Crippen LogP contribution in [0.15, 0.2) is 60.8 Å². The average molecular weight is 384 g/mol. The van der Waals surface area contributed by atoms with E-state index in [9.17, 15) is 4.79 Å².